The van der Waals surface area contributed by atoms with Crippen LogP contribution in [0, 0.1) is 19.3 Å². The van der Waals surface area contributed by atoms with Gasteiger partial charge in [0.1, 0.15) is 11.5 Å². The summed E-state index contributed by atoms with van der Waals surface area (Å²) in [5.41, 5.74) is 3.04. The fourth-order valence-electron chi connectivity index (χ4n) is 3.25. The van der Waals surface area contributed by atoms with Gasteiger partial charge in [-0.3, -0.25) is 4.79 Å². The van der Waals surface area contributed by atoms with Crippen molar-refractivity contribution in [3.63, 3.8) is 0 Å². The summed E-state index contributed by atoms with van der Waals surface area (Å²) in [4.78, 5) is 24.4. The molecule has 33 heavy (non-hydrogen) atoms. The average Bonchev–Trinajstić information content (AvgIpc) is 2.78. The third-order valence-corrected chi connectivity index (χ3v) is 5.34. The molecule has 0 atom stereocenters. The number of benzene rings is 2. The van der Waals surface area contributed by atoms with Crippen LogP contribution in [0.4, 0.5) is 5.69 Å². The van der Waals surface area contributed by atoms with E-state index in [4.69, 9.17) is 14.2 Å². The van der Waals surface area contributed by atoms with Gasteiger partial charge < -0.3 is 19.5 Å². The van der Waals surface area contributed by atoms with Crippen molar-refractivity contribution in [2.24, 2.45) is 5.41 Å². The van der Waals surface area contributed by atoms with Crippen molar-refractivity contribution in [1.82, 2.24) is 0 Å². The first-order chi connectivity index (χ1) is 15.7. The van der Waals surface area contributed by atoms with E-state index in [1.54, 1.807) is 38.3 Å². The third-order valence-electron chi connectivity index (χ3n) is 5.34. The van der Waals surface area contributed by atoms with Gasteiger partial charge in [0, 0.05) is 28.8 Å². The molecule has 6 nitrogen and oxygen atoms in total. The summed E-state index contributed by atoms with van der Waals surface area (Å²) < 4.78 is 16.2. The second-order valence-electron chi connectivity index (χ2n) is 8.60. The number of esters is 1. The lowest BCUT2D eigenvalue weighted by atomic mass is 9.87. The summed E-state index contributed by atoms with van der Waals surface area (Å²) in [5, 5.41) is 2.97. The maximum absolute atomic E-state index is 12.9. The van der Waals surface area contributed by atoms with Crippen molar-refractivity contribution in [2.45, 2.75) is 47.5 Å². The monoisotopic (exact) mass is 453 g/mol. The number of methoxy groups -OCH3 is 1. The second-order valence-corrected chi connectivity index (χ2v) is 8.60. The molecule has 1 N–H and O–H groups in total. The van der Waals surface area contributed by atoms with Gasteiger partial charge in [-0.2, -0.15) is 0 Å². The topological polar surface area (TPSA) is 73.9 Å². The molecule has 0 saturated heterocycles. The fraction of sp³-hybridized carbons (Fsp3) is 0.407. The molecular weight excluding hydrogens is 418 g/mol. The molecule has 0 aliphatic heterocycles. The lowest BCUT2D eigenvalue weighted by molar-refractivity contribution is -0.137. The molecule has 1 amide bonds. The molecule has 2 aromatic carbocycles. The number of nitrogens with one attached hydrogen (secondary N) is 1. The van der Waals surface area contributed by atoms with E-state index < -0.39 is 11.4 Å². The lowest BCUT2D eigenvalue weighted by Crippen LogP contribution is -2.31. The molecular formula is C27H35NO5. The number of aryl methyl sites for hydroxylation is 2. The number of anilines is 1. The normalized spacial score (nSPS) is 11.3. The van der Waals surface area contributed by atoms with Gasteiger partial charge in [0.25, 0.3) is 0 Å². The fourth-order valence-corrected chi connectivity index (χ4v) is 3.25. The molecule has 0 bridgehead atoms. The van der Waals surface area contributed by atoms with Crippen molar-refractivity contribution in [3.05, 3.63) is 59.2 Å². The molecule has 0 radical (unpaired) electrons. The molecule has 2 aromatic rings. The van der Waals surface area contributed by atoms with Gasteiger partial charge in [-0.25, -0.2) is 4.79 Å². The Morgan fingerprint density at radius 3 is 2.52 bits per heavy atom. The van der Waals surface area contributed by atoms with Gasteiger partial charge in [-0.05, 0) is 69.0 Å². The van der Waals surface area contributed by atoms with E-state index in [-0.39, 0.29) is 5.91 Å². The zero-order chi connectivity index (χ0) is 24.4. The van der Waals surface area contributed by atoms with Crippen molar-refractivity contribution in [2.75, 3.05) is 25.6 Å². The van der Waals surface area contributed by atoms with Crippen LogP contribution in [0.5, 0.6) is 11.5 Å². The predicted octanol–water partition coefficient (Wildman–Crippen LogP) is 5.71. The summed E-state index contributed by atoms with van der Waals surface area (Å²) >= 11 is 0. The minimum atomic E-state index is -0.569. The largest absolute Gasteiger partial charge is 0.496 e. The number of hydrogen-bond acceptors (Lipinski definition) is 5. The Bertz CT molecular complexity index is 994. The van der Waals surface area contributed by atoms with E-state index in [2.05, 4.69) is 11.4 Å². The zero-order valence-corrected chi connectivity index (χ0v) is 20.5. The minimum Gasteiger partial charge on any atom is -0.496 e. The summed E-state index contributed by atoms with van der Waals surface area (Å²) in [6.07, 6.45) is 4.42. The lowest BCUT2D eigenvalue weighted by Gasteiger charge is -2.24. The highest BCUT2D eigenvalue weighted by Gasteiger charge is 2.27. The van der Waals surface area contributed by atoms with Crippen LogP contribution in [-0.2, 0) is 14.3 Å². The molecule has 2 rings (SSSR count). The SMILES string of the molecule is CCOC(=O)/C=C/c1ccc(NC(=O)C(C)(C)CCCOc2cc(C)ccc2C)cc1OC. The molecule has 6 heteroatoms. The highest BCUT2D eigenvalue weighted by Crippen LogP contribution is 2.28. The Hall–Kier alpha value is -3.28. The Labute approximate surface area is 196 Å². The van der Waals surface area contributed by atoms with Crippen LogP contribution in [0.25, 0.3) is 6.08 Å². The van der Waals surface area contributed by atoms with Crippen LogP contribution in [0.15, 0.2) is 42.5 Å². The van der Waals surface area contributed by atoms with E-state index in [9.17, 15) is 9.59 Å². The first-order valence-electron chi connectivity index (χ1n) is 11.2. The maximum atomic E-state index is 12.9. The van der Waals surface area contributed by atoms with E-state index >= 15 is 0 Å². The van der Waals surface area contributed by atoms with E-state index in [0.717, 1.165) is 23.3 Å². The summed E-state index contributed by atoms with van der Waals surface area (Å²) in [6.45, 7) is 10.5. The van der Waals surface area contributed by atoms with Gasteiger partial charge in [-0.1, -0.05) is 26.0 Å². The summed E-state index contributed by atoms with van der Waals surface area (Å²) in [7, 11) is 1.54. The van der Waals surface area contributed by atoms with E-state index in [0.29, 0.717) is 36.6 Å². The van der Waals surface area contributed by atoms with Crippen LogP contribution in [-0.4, -0.2) is 32.2 Å². The number of carbonyl (C=O) groups excluding carboxylic acids is 2. The standard InChI is InChI=1S/C27H35NO5/c1-7-32-25(29)14-12-21-11-13-22(18-24(21)31-6)28-26(30)27(4,5)15-8-16-33-23-17-19(2)9-10-20(23)3/h9-14,17-18H,7-8,15-16H2,1-6H3,(H,28,30)/b14-12+. The van der Waals surface area contributed by atoms with Gasteiger partial charge >= 0.3 is 5.97 Å². The number of ether oxygens (including phenoxy) is 3. The zero-order valence-electron chi connectivity index (χ0n) is 20.5. The van der Waals surface area contributed by atoms with Gasteiger partial charge in [-0.15, -0.1) is 0 Å². The summed E-state index contributed by atoms with van der Waals surface area (Å²) in [5.74, 6) is 0.945. The number of carbonyl (C=O) groups is 2. The summed E-state index contributed by atoms with van der Waals surface area (Å²) in [6, 6.07) is 11.5. The van der Waals surface area contributed by atoms with E-state index in [1.807, 2.05) is 39.8 Å². The molecule has 0 aliphatic carbocycles. The molecule has 0 aromatic heterocycles. The molecule has 0 saturated carbocycles. The third kappa shape index (κ3) is 7.97. The quantitative estimate of drug-likeness (QED) is 0.268. The van der Waals surface area contributed by atoms with Crippen LogP contribution in [0.1, 0.15) is 50.3 Å². The minimum absolute atomic E-state index is 0.0777. The Balaban J connectivity index is 1.94. The van der Waals surface area contributed by atoms with Crippen LogP contribution >= 0.6 is 0 Å². The predicted molar refractivity (Wildman–Crippen MR) is 132 cm³/mol. The molecule has 0 unspecified atom stereocenters. The van der Waals surface area contributed by atoms with Gasteiger partial charge in [0.15, 0.2) is 0 Å². The molecule has 0 spiro atoms. The first-order valence-corrected chi connectivity index (χ1v) is 11.2. The highest BCUT2D eigenvalue weighted by molar-refractivity contribution is 5.95. The van der Waals surface area contributed by atoms with Crippen LogP contribution in [0.2, 0.25) is 0 Å². The smallest absolute Gasteiger partial charge is 0.330 e. The Morgan fingerprint density at radius 1 is 1.06 bits per heavy atom. The highest BCUT2D eigenvalue weighted by atomic mass is 16.5. The number of rotatable bonds is 11. The first kappa shape index (κ1) is 26.0. The van der Waals surface area contributed by atoms with E-state index in [1.165, 1.54) is 6.08 Å². The second kappa shape index (κ2) is 12.1. The average molecular weight is 454 g/mol. The molecule has 178 valence electrons. The number of amides is 1. The van der Waals surface area contributed by atoms with Gasteiger partial charge in [0.2, 0.25) is 5.91 Å². The van der Waals surface area contributed by atoms with Crippen LogP contribution in [0.3, 0.4) is 0 Å². The molecule has 0 heterocycles. The van der Waals surface area contributed by atoms with Crippen molar-refractivity contribution in [3.8, 4) is 11.5 Å². The van der Waals surface area contributed by atoms with Gasteiger partial charge in [0.05, 0.1) is 20.3 Å². The molecule has 0 aliphatic rings. The van der Waals surface area contributed by atoms with Crippen molar-refractivity contribution >= 4 is 23.6 Å². The van der Waals surface area contributed by atoms with Crippen LogP contribution < -0.4 is 14.8 Å². The maximum Gasteiger partial charge on any atom is 0.330 e. The molecule has 0 fully saturated rings. The van der Waals surface area contributed by atoms with Crippen molar-refractivity contribution < 1.29 is 23.8 Å². The number of hydrogen-bond donors (Lipinski definition) is 1. The van der Waals surface area contributed by atoms with Crippen molar-refractivity contribution in [1.29, 1.82) is 0 Å². The Kier molecular flexibility index (Phi) is 9.52. The Morgan fingerprint density at radius 2 is 1.82 bits per heavy atom.